The van der Waals surface area contributed by atoms with Crippen LogP contribution in [0.25, 0.3) is 0 Å². The van der Waals surface area contributed by atoms with Crippen molar-refractivity contribution in [3.63, 3.8) is 0 Å². The van der Waals surface area contributed by atoms with Gasteiger partial charge in [-0.25, -0.2) is 4.79 Å². The van der Waals surface area contributed by atoms with Gasteiger partial charge >= 0.3 is 5.97 Å². The summed E-state index contributed by atoms with van der Waals surface area (Å²) < 4.78 is 0. The second-order valence-corrected chi connectivity index (χ2v) is 5.91. The first kappa shape index (κ1) is 22.1. The molecule has 1 aromatic carbocycles. The van der Waals surface area contributed by atoms with Gasteiger partial charge in [0, 0.05) is 6.42 Å². The quantitative estimate of drug-likeness (QED) is 0.266. The molecule has 1 aromatic rings. The van der Waals surface area contributed by atoms with E-state index in [4.69, 9.17) is 5.73 Å². The Morgan fingerprint density at radius 2 is 1.63 bits per heavy atom. The van der Waals surface area contributed by atoms with Gasteiger partial charge in [0.2, 0.25) is 17.7 Å². The molecular formula is C17H24N4O6. The van der Waals surface area contributed by atoms with Crippen molar-refractivity contribution >= 4 is 23.7 Å². The molecule has 0 radical (unpaired) electrons. The molecule has 0 saturated heterocycles. The maximum atomic E-state index is 11.9. The number of nitrogens with two attached hydrogens (primary N) is 1. The Hall–Kier alpha value is -2.98. The summed E-state index contributed by atoms with van der Waals surface area (Å²) in [6, 6.07) is 6.48. The van der Waals surface area contributed by atoms with Crippen LogP contribution in [-0.4, -0.2) is 65.2 Å². The van der Waals surface area contributed by atoms with Crippen molar-refractivity contribution in [2.75, 3.05) is 13.1 Å². The van der Waals surface area contributed by atoms with Crippen LogP contribution in [0.3, 0.4) is 0 Å². The van der Waals surface area contributed by atoms with Crippen LogP contribution in [0.4, 0.5) is 0 Å². The molecule has 0 heterocycles. The highest BCUT2D eigenvalue weighted by molar-refractivity contribution is 5.90. The Balaban J connectivity index is 2.40. The van der Waals surface area contributed by atoms with Crippen molar-refractivity contribution < 1.29 is 29.4 Å². The number of hydrogen-bond acceptors (Lipinski definition) is 6. The van der Waals surface area contributed by atoms with Crippen LogP contribution in [0.1, 0.15) is 12.5 Å². The fourth-order valence-electron chi connectivity index (χ4n) is 2.04. The van der Waals surface area contributed by atoms with Crippen molar-refractivity contribution in [1.29, 1.82) is 0 Å². The second-order valence-electron chi connectivity index (χ2n) is 5.91. The summed E-state index contributed by atoms with van der Waals surface area (Å²) >= 11 is 0. The Bertz CT molecular complexity index is 665. The van der Waals surface area contributed by atoms with Crippen LogP contribution in [0.15, 0.2) is 30.3 Å². The fraction of sp³-hybridized carbons (Fsp3) is 0.412. The number of carbonyl (C=O) groups is 4. The molecule has 148 valence electrons. The van der Waals surface area contributed by atoms with Gasteiger partial charge in [0.25, 0.3) is 0 Å². The van der Waals surface area contributed by atoms with Gasteiger partial charge in [0.1, 0.15) is 12.1 Å². The van der Waals surface area contributed by atoms with E-state index in [1.807, 2.05) is 0 Å². The van der Waals surface area contributed by atoms with E-state index < -0.39 is 55.0 Å². The van der Waals surface area contributed by atoms with E-state index >= 15 is 0 Å². The van der Waals surface area contributed by atoms with Crippen LogP contribution < -0.4 is 21.7 Å². The smallest absolute Gasteiger partial charge is 0.326 e. The Morgan fingerprint density at radius 1 is 1.04 bits per heavy atom. The number of hydrogen-bond donors (Lipinski definition) is 6. The fourth-order valence-corrected chi connectivity index (χ4v) is 2.04. The van der Waals surface area contributed by atoms with E-state index in [9.17, 15) is 29.4 Å². The molecular weight excluding hydrogens is 356 g/mol. The molecule has 0 bridgehead atoms. The molecule has 0 saturated carbocycles. The maximum Gasteiger partial charge on any atom is 0.326 e. The van der Waals surface area contributed by atoms with E-state index in [-0.39, 0.29) is 6.42 Å². The topological polar surface area (TPSA) is 171 Å². The molecule has 27 heavy (non-hydrogen) atoms. The third-order valence-corrected chi connectivity index (χ3v) is 3.61. The van der Waals surface area contributed by atoms with E-state index in [1.54, 1.807) is 30.3 Å². The van der Waals surface area contributed by atoms with E-state index in [2.05, 4.69) is 16.0 Å². The summed E-state index contributed by atoms with van der Waals surface area (Å²) in [5.41, 5.74) is 6.14. The van der Waals surface area contributed by atoms with Gasteiger partial charge in [-0.2, -0.15) is 0 Å². The lowest BCUT2D eigenvalue weighted by atomic mass is 10.1. The van der Waals surface area contributed by atoms with Gasteiger partial charge in [0.15, 0.2) is 0 Å². The lowest BCUT2D eigenvalue weighted by Gasteiger charge is -2.16. The molecule has 0 aliphatic heterocycles. The maximum absolute atomic E-state index is 11.9. The highest BCUT2D eigenvalue weighted by Crippen LogP contribution is 2.03. The Labute approximate surface area is 156 Å². The Morgan fingerprint density at radius 3 is 2.19 bits per heavy atom. The summed E-state index contributed by atoms with van der Waals surface area (Å²) in [4.78, 5) is 46.3. The van der Waals surface area contributed by atoms with E-state index in [0.29, 0.717) is 0 Å². The second kappa shape index (κ2) is 10.9. The van der Waals surface area contributed by atoms with Crippen molar-refractivity contribution in [3.8, 4) is 0 Å². The zero-order valence-corrected chi connectivity index (χ0v) is 14.8. The number of amides is 3. The number of carbonyl (C=O) groups excluding carboxylic acids is 3. The monoisotopic (exact) mass is 380 g/mol. The highest BCUT2D eigenvalue weighted by atomic mass is 16.4. The minimum absolute atomic E-state index is 0.100. The largest absolute Gasteiger partial charge is 0.480 e. The molecule has 3 atom stereocenters. The van der Waals surface area contributed by atoms with Crippen molar-refractivity contribution in [2.24, 2.45) is 5.73 Å². The molecule has 0 fully saturated rings. The van der Waals surface area contributed by atoms with E-state index in [1.165, 1.54) is 6.92 Å². The molecule has 0 aromatic heterocycles. The first-order chi connectivity index (χ1) is 12.7. The molecule has 10 heteroatoms. The summed E-state index contributed by atoms with van der Waals surface area (Å²) in [6.07, 6.45) is -0.972. The Kier molecular flexibility index (Phi) is 8.90. The normalized spacial score (nSPS) is 13.7. The third-order valence-electron chi connectivity index (χ3n) is 3.61. The average molecular weight is 380 g/mol. The van der Waals surface area contributed by atoms with Gasteiger partial charge in [-0.05, 0) is 12.5 Å². The number of carboxylic acid groups (broad SMARTS) is 1. The van der Waals surface area contributed by atoms with Gasteiger partial charge in [-0.15, -0.1) is 0 Å². The van der Waals surface area contributed by atoms with Gasteiger partial charge in [-0.3, -0.25) is 14.4 Å². The molecule has 0 aliphatic carbocycles. The number of aliphatic hydroxyl groups is 1. The molecule has 7 N–H and O–H groups in total. The predicted octanol–water partition coefficient (Wildman–Crippen LogP) is -2.26. The van der Waals surface area contributed by atoms with Gasteiger partial charge < -0.3 is 31.9 Å². The SMILES string of the molecule is CC(O)C(N)C(=O)NCC(=O)NCC(=O)NC(Cc1ccccc1)C(=O)O. The van der Waals surface area contributed by atoms with Crippen molar-refractivity contribution in [2.45, 2.75) is 31.5 Å². The van der Waals surface area contributed by atoms with E-state index in [0.717, 1.165) is 5.56 Å². The first-order valence-electron chi connectivity index (χ1n) is 8.25. The number of aliphatic carboxylic acids is 1. The molecule has 0 spiro atoms. The zero-order chi connectivity index (χ0) is 20.4. The minimum atomic E-state index is -1.20. The van der Waals surface area contributed by atoms with Gasteiger partial charge in [-0.1, -0.05) is 30.3 Å². The van der Waals surface area contributed by atoms with Crippen LogP contribution in [-0.2, 0) is 25.6 Å². The first-order valence-corrected chi connectivity index (χ1v) is 8.25. The molecule has 0 aliphatic rings. The molecule has 3 unspecified atom stereocenters. The predicted molar refractivity (Wildman–Crippen MR) is 95.4 cm³/mol. The number of nitrogens with one attached hydrogen (secondary N) is 3. The van der Waals surface area contributed by atoms with Crippen molar-refractivity contribution in [3.05, 3.63) is 35.9 Å². The summed E-state index contributed by atoms with van der Waals surface area (Å²) in [6.45, 7) is 0.456. The summed E-state index contributed by atoms with van der Waals surface area (Å²) in [7, 11) is 0. The lowest BCUT2D eigenvalue weighted by Crippen LogP contribution is -2.51. The zero-order valence-electron chi connectivity index (χ0n) is 14.8. The van der Waals surface area contributed by atoms with Crippen LogP contribution in [0, 0.1) is 0 Å². The van der Waals surface area contributed by atoms with Crippen LogP contribution >= 0.6 is 0 Å². The molecule has 3 amide bonds. The number of aliphatic hydroxyl groups excluding tert-OH is 1. The molecule has 1 rings (SSSR count). The number of carboxylic acids is 1. The highest BCUT2D eigenvalue weighted by Gasteiger charge is 2.21. The molecule has 10 nitrogen and oxygen atoms in total. The lowest BCUT2D eigenvalue weighted by molar-refractivity contribution is -0.141. The average Bonchev–Trinajstić information content (AvgIpc) is 2.63. The number of rotatable bonds is 10. The summed E-state index contributed by atoms with van der Waals surface area (Å²) in [5.74, 6) is -3.25. The summed E-state index contributed by atoms with van der Waals surface area (Å²) in [5, 5.41) is 25.2. The van der Waals surface area contributed by atoms with Crippen LogP contribution in [0.5, 0.6) is 0 Å². The third kappa shape index (κ3) is 8.29. The van der Waals surface area contributed by atoms with Gasteiger partial charge in [0.05, 0.1) is 19.2 Å². The van der Waals surface area contributed by atoms with Crippen LogP contribution in [0.2, 0.25) is 0 Å². The van der Waals surface area contributed by atoms with Crippen molar-refractivity contribution in [1.82, 2.24) is 16.0 Å². The number of benzene rings is 1. The minimum Gasteiger partial charge on any atom is -0.480 e. The standard InChI is InChI=1S/C17H24N4O6/c1-10(22)15(18)16(25)20-8-13(23)19-9-14(24)21-12(17(26)27)7-11-5-3-2-4-6-11/h2-6,10,12,15,22H,7-9,18H2,1H3,(H,19,23)(H,20,25)(H,21,24)(H,26,27).